The topological polar surface area (TPSA) is 58.6 Å². The second-order valence-electron chi connectivity index (χ2n) is 7.05. The number of ketones is 1. The molecule has 2 heterocycles. The van der Waals surface area contributed by atoms with Crippen molar-refractivity contribution >= 4 is 5.78 Å². The Morgan fingerprint density at radius 3 is 2.59 bits per heavy atom. The molecule has 0 aliphatic heterocycles. The summed E-state index contributed by atoms with van der Waals surface area (Å²) in [6, 6.07) is 7.04. The summed E-state index contributed by atoms with van der Waals surface area (Å²) in [5.74, 6) is -1.73. The number of H-pyrrole nitrogens is 1. The fourth-order valence-corrected chi connectivity index (χ4v) is 3.76. The van der Waals surface area contributed by atoms with Gasteiger partial charge in [-0.15, -0.1) is 0 Å². The van der Waals surface area contributed by atoms with Gasteiger partial charge in [-0.3, -0.25) is 14.9 Å². The van der Waals surface area contributed by atoms with Crippen LogP contribution in [0.2, 0.25) is 0 Å². The molecule has 1 N–H and O–H groups in total. The van der Waals surface area contributed by atoms with E-state index in [1.54, 1.807) is 0 Å². The number of fused-ring (bicyclic) bond motifs is 1. The summed E-state index contributed by atoms with van der Waals surface area (Å²) < 4.78 is 53.1. The molecule has 150 valence electrons. The minimum Gasteiger partial charge on any atom is -0.292 e. The number of nitrogens with one attached hydrogen (secondary N) is 1. The fourth-order valence-electron chi connectivity index (χ4n) is 3.76. The maximum absolute atomic E-state index is 14.4. The lowest BCUT2D eigenvalue weighted by Gasteiger charge is -2.18. The minimum atomic E-state index is -4.48. The molecule has 0 unspecified atom stereocenters. The van der Waals surface area contributed by atoms with Crippen molar-refractivity contribution < 1.29 is 22.4 Å². The number of pyridine rings is 1. The Hall–Kier alpha value is -3.03. The Bertz CT molecular complexity index is 1040. The number of benzene rings is 1. The Balaban J connectivity index is 1.69. The number of aryl methyl sites for hydroxylation is 1. The van der Waals surface area contributed by atoms with E-state index in [-0.39, 0.29) is 17.9 Å². The molecule has 29 heavy (non-hydrogen) atoms. The lowest BCUT2D eigenvalue weighted by molar-refractivity contribution is -0.137. The number of hydrogen-bond acceptors (Lipinski definition) is 3. The molecule has 0 radical (unpaired) electrons. The standard InChI is InChI=1S/C21H17F4N3O/c22-16-4-2-10-26-19(16)15(12-6-8-13(9-7-12)21(23,24)25)11-18(29)20-14-3-1-5-17(14)27-28-20/h2,4,6-10,15H,1,3,5,11H2,(H,27,28)/t15-/m0/s1. The van der Waals surface area contributed by atoms with Crippen LogP contribution in [-0.2, 0) is 19.0 Å². The summed E-state index contributed by atoms with van der Waals surface area (Å²) in [5.41, 5.74) is 1.73. The summed E-state index contributed by atoms with van der Waals surface area (Å²) >= 11 is 0. The van der Waals surface area contributed by atoms with Gasteiger partial charge in [-0.2, -0.15) is 18.3 Å². The number of carbonyl (C=O) groups is 1. The normalized spacial score (nSPS) is 14.6. The highest BCUT2D eigenvalue weighted by molar-refractivity contribution is 5.96. The highest BCUT2D eigenvalue weighted by Gasteiger charge is 2.32. The maximum atomic E-state index is 14.4. The lowest BCUT2D eigenvalue weighted by atomic mass is 9.88. The highest BCUT2D eigenvalue weighted by atomic mass is 19.4. The number of aromatic nitrogens is 3. The average Bonchev–Trinajstić information content (AvgIpc) is 3.30. The summed E-state index contributed by atoms with van der Waals surface area (Å²) in [5, 5.41) is 6.98. The largest absolute Gasteiger partial charge is 0.416 e. The molecule has 3 aromatic rings. The molecule has 0 bridgehead atoms. The first-order valence-electron chi connectivity index (χ1n) is 9.21. The molecular weight excluding hydrogens is 386 g/mol. The molecule has 0 spiro atoms. The van der Waals surface area contributed by atoms with Gasteiger partial charge in [0.15, 0.2) is 5.78 Å². The second kappa shape index (κ2) is 7.42. The monoisotopic (exact) mass is 403 g/mol. The number of nitrogens with zero attached hydrogens (tertiary/aromatic N) is 2. The van der Waals surface area contributed by atoms with Crippen LogP contribution in [-0.4, -0.2) is 21.0 Å². The van der Waals surface area contributed by atoms with Crippen LogP contribution < -0.4 is 0 Å². The van der Waals surface area contributed by atoms with Gasteiger partial charge in [0.05, 0.1) is 11.3 Å². The van der Waals surface area contributed by atoms with Crippen LogP contribution in [0.25, 0.3) is 0 Å². The zero-order chi connectivity index (χ0) is 20.6. The van der Waals surface area contributed by atoms with E-state index in [1.807, 2.05) is 0 Å². The first-order chi connectivity index (χ1) is 13.8. The van der Waals surface area contributed by atoms with E-state index in [0.717, 1.165) is 42.7 Å². The maximum Gasteiger partial charge on any atom is 0.416 e. The Kier molecular flexibility index (Phi) is 4.94. The molecule has 0 fully saturated rings. The number of aromatic amines is 1. The van der Waals surface area contributed by atoms with Crippen LogP contribution in [0.5, 0.6) is 0 Å². The van der Waals surface area contributed by atoms with Gasteiger partial charge in [0, 0.05) is 29.8 Å². The van der Waals surface area contributed by atoms with Crippen LogP contribution in [0.15, 0.2) is 42.6 Å². The molecule has 2 aromatic heterocycles. The molecule has 4 rings (SSSR count). The molecule has 1 atom stereocenters. The highest BCUT2D eigenvalue weighted by Crippen LogP contribution is 2.34. The summed E-state index contributed by atoms with van der Waals surface area (Å²) in [6.45, 7) is 0. The van der Waals surface area contributed by atoms with Gasteiger partial charge in [-0.25, -0.2) is 4.39 Å². The molecule has 1 aromatic carbocycles. The lowest BCUT2D eigenvalue weighted by Crippen LogP contribution is -2.14. The SMILES string of the molecule is O=C(C[C@@H](c1ccc(C(F)(F)F)cc1)c1ncccc1F)c1n[nH]c2c1CCC2. The van der Waals surface area contributed by atoms with E-state index < -0.39 is 23.5 Å². The molecule has 1 aliphatic rings. The number of rotatable bonds is 5. The molecule has 0 amide bonds. The van der Waals surface area contributed by atoms with Crippen LogP contribution >= 0.6 is 0 Å². The third kappa shape index (κ3) is 3.79. The van der Waals surface area contributed by atoms with E-state index in [0.29, 0.717) is 11.3 Å². The quantitative estimate of drug-likeness (QED) is 0.489. The number of Topliss-reactive ketones (excluding diaryl/α,β-unsaturated/α-hetero) is 1. The first-order valence-corrected chi connectivity index (χ1v) is 9.21. The van der Waals surface area contributed by atoms with Gasteiger partial charge in [0.25, 0.3) is 0 Å². The molecule has 4 nitrogen and oxygen atoms in total. The minimum absolute atomic E-state index is 0.0211. The van der Waals surface area contributed by atoms with Crippen molar-refractivity contribution in [1.29, 1.82) is 0 Å². The molecule has 8 heteroatoms. The van der Waals surface area contributed by atoms with Crippen molar-refractivity contribution in [3.63, 3.8) is 0 Å². The Labute approximate surface area is 164 Å². The fraction of sp³-hybridized carbons (Fsp3) is 0.286. The third-order valence-electron chi connectivity index (χ3n) is 5.22. The zero-order valence-corrected chi connectivity index (χ0v) is 15.3. The molecular formula is C21H17F4N3O. The van der Waals surface area contributed by atoms with Gasteiger partial charge in [0.2, 0.25) is 0 Å². The number of alkyl halides is 3. The summed E-state index contributed by atoms with van der Waals surface area (Å²) in [6.07, 6.45) is -0.720. The van der Waals surface area contributed by atoms with Gasteiger partial charge in [-0.1, -0.05) is 12.1 Å². The molecule has 0 saturated carbocycles. The summed E-state index contributed by atoms with van der Waals surface area (Å²) in [4.78, 5) is 17.0. The van der Waals surface area contributed by atoms with Crippen LogP contribution in [0, 0.1) is 5.82 Å². The second-order valence-corrected chi connectivity index (χ2v) is 7.05. The predicted molar refractivity (Wildman–Crippen MR) is 97.0 cm³/mol. The molecule has 0 saturated heterocycles. The van der Waals surface area contributed by atoms with E-state index >= 15 is 0 Å². The van der Waals surface area contributed by atoms with Crippen molar-refractivity contribution in [1.82, 2.24) is 15.2 Å². The number of halogens is 4. The van der Waals surface area contributed by atoms with Gasteiger partial charge >= 0.3 is 6.18 Å². The van der Waals surface area contributed by atoms with Gasteiger partial charge in [-0.05, 0) is 49.1 Å². The van der Waals surface area contributed by atoms with Gasteiger partial charge in [0.1, 0.15) is 11.5 Å². The number of hydrogen-bond donors (Lipinski definition) is 1. The average molecular weight is 403 g/mol. The van der Waals surface area contributed by atoms with Crippen LogP contribution in [0.3, 0.4) is 0 Å². The van der Waals surface area contributed by atoms with E-state index in [1.165, 1.54) is 30.5 Å². The van der Waals surface area contributed by atoms with E-state index in [4.69, 9.17) is 0 Å². The predicted octanol–water partition coefficient (Wildman–Crippen LogP) is 4.86. The van der Waals surface area contributed by atoms with Crippen molar-refractivity contribution in [2.75, 3.05) is 0 Å². The van der Waals surface area contributed by atoms with Crippen LogP contribution in [0.4, 0.5) is 17.6 Å². The van der Waals surface area contributed by atoms with Gasteiger partial charge < -0.3 is 0 Å². The van der Waals surface area contributed by atoms with Crippen molar-refractivity contribution in [2.24, 2.45) is 0 Å². The Morgan fingerprint density at radius 2 is 1.90 bits per heavy atom. The zero-order valence-electron chi connectivity index (χ0n) is 15.3. The van der Waals surface area contributed by atoms with E-state index in [9.17, 15) is 22.4 Å². The third-order valence-corrected chi connectivity index (χ3v) is 5.22. The Morgan fingerprint density at radius 1 is 1.14 bits per heavy atom. The molecule has 1 aliphatic carbocycles. The van der Waals surface area contributed by atoms with Crippen LogP contribution in [0.1, 0.15) is 57.3 Å². The van der Waals surface area contributed by atoms with Crippen molar-refractivity contribution in [3.8, 4) is 0 Å². The first kappa shape index (κ1) is 19.3. The van der Waals surface area contributed by atoms with Crippen molar-refractivity contribution in [3.05, 3.63) is 82.2 Å². The van der Waals surface area contributed by atoms with Crippen molar-refractivity contribution in [2.45, 2.75) is 37.8 Å². The summed E-state index contributed by atoms with van der Waals surface area (Å²) in [7, 11) is 0. The smallest absolute Gasteiger partial charge is 0.292 e. The van der Waals surface area contributed by atoms with E-state index in [2.05, 4.69) is 15.2 Å². The number of carbonyl (C=O) groups excluding carboxylic acids is 1.